The molecule has 1 saturated carbocycles. The highest BCUT2D eigenvalue weighted by molar-refractivity contribution is 6.30. The average Bonchev–Trinajstić information content (AvgIpc) is 3.14. The zero-order valence-electron chi connectivity index (χ0n) is 15.2. The molecule has 1 N–H and O–H groups in total. The van der Waals surface area contributed by atoms with Crippen molar-refractivity contribution in [1.29, 1.82) is 0 Å². The highest BCUT2D eigenvalue weighted by Gasteiger charge is 2.51. The summed E-state index contributed by atoms with van der Waals surface area (Å²) in [6.07, 6.45) is 2.67. The van der Waals surface area contributed by atoms with Crippen molar-refractivity contribution in [3.63, 3.8) is 0 Å². The lowest BCUT2D eigenvalue weighted by Gasteiger charge is -2.34. The first kappa shape index (κ1) is 18.1. The summed E-state index contributed by atoms with van der Waals surface area (Å²) in [5.41, 5.74) is 1.45. The van der Waals surface area contributed by atoms with E-state index < -0.39 is 11.6 Å². The molecule has 0 atom stereocenters. The summed E-state index contributed by atoms with van der Waals surface area (Å²) in [6.45, 7) is 1.84. The maximum Gasteiger partial charge on any atom is 0.361 e. The van der Waals surface area contributed by atoms with Gasteiger partial charge in [-0.25, -0.2) is 9.48 Å². The zero-order valence-corrected chi connectivity index (χ0v) is 16.0. The highest BCUT2D eigenvalue weighted by Crippen LogP contribution is 2.44. The van der Waals surface area contributed by atoms with Crippen molar-refractivity contribution in [3.8, 4) is 11.3 Å². The predicted octanol–water partition coefficient (Wildman–Crippen LogP) is 4.12. The van der Waals surface area contributed by atoms with Gasteiger partial charge in [0.1, 0.15) is 0 Å². The van der Waals surface area contributed by atoms with Gasteiger partial charge in [0.2, 0.25) is 0 Å². The van der Waals surface area contributed by atoms with E-state index in [9.17, 15) is 9.90 Å². The van der Waals surface area contributed by atoms with Crippen molar-refractivity contribution < 1.29 is 19.4 Å². The number of hydrogen-bond donors (Lipinski definition) is 1. The Bertz CT molecular complexity index is 909. The average molecular weight is 389 g/mol. The van der Waals surface area contributed by atoms with Gasteiger partial charge in [-0.15, -0.1) is 0 Å². The maximum absolute atomic E-state index is 12.6. The van der Waals surface area contributed by atoms with Gasteiger partial charge in [-0.3, -0.25) is 0 Å². The predicted molar refractivity (Wildman–Crippen MR) is 101 cm³/mol. The number of ether oxygens (including phenoxy) is 2. The Morgan fingerprint density at radius 3 is 2.59 bits per heavy atom. The smallest absolute Gasteiger partial charge is 0.361 e. The van der Waals surface area contributed by atoms with Gasteiger partial charge in [-0.1, -0.05) is 23.7 Å². The fourth-order valence-electron chi connectivity index (χ4n) is 3.87. The third-order valence-corrected chi connectivity index (χ3v) is 5.70. The second-order valence-electron chi connectivity index (χ2n) is 7.11. The minimum absolute atomic E-state index is 0.0316. The number of carbonyl (C=O) groups is 1. The van der Waals surface area contributed by atoms with E-state index in [-0.39, 0.29) is 17.6 Å². The number of aliphatic hydroxyl groups excluding tert-OH is 1. The van der Waals surface area contributed by atoms with Crippen LogP contribution in [0.5, 0.6) is 0 Å². The normalized spacial score (nSPS) is 25.3. The minimum Gasteiger partial charge on any atom is -0.506 e. The van der Waals surface area contributed by atoms with E-state index in [0.29, 0.717) is 23.6 Å². The molecule has 7 heteroatoms. The van der Waals surface area contributed by atoms with Crippen LogP contribution in [0.15, 0.2) is 36.1 Å². The molecule has 1 aromatic carbocycles. The molecule has 1 aliphatic carbocycles. The van der Waals surface area contributed by atoms with Gasteiger partial charge < -0.3 is 14.6 Å². The largest absolute Gasteiger partial charge is 0.506 e. The topological polar surface area (TPSA) is 73.6 Å². The summed E-state index contributed by atoms with van der Waals surface area (Å²) in [4.78, 5) is 12.6. The van der Waals surface area contributed by atoms with Gasteiger partial charge in [-0.2, -0.15) is 5.10 Å². The summed E-state index contributed by atoms with van der Waals surface area (Å²) in [7, 11) is 1.68. The first-order valence-corrected chi connectivity index (χ1v) is 9.34. The first-order valence-electron chi connectivity index (χ1n) is 8.96. The van der Waals surface area contributed by atoms with Crippen molar-refractivity contribution in [3.05, 3.63) is 46.8 Å². The van der Waals surface area contributed by atoms with Crippen LogP contribution in [0.1, 0.15) is 31.4 Å². The second kappa shape index (κ2) is 6.69. The SMILES string of the molecule is COC1CCC2(CC1)OC(=O)C(n1nc(-c3ccc(Cl)cc3)cc1C)=C2O. The number of nitrogens with zero attached hydrogens (tertiary/aromatic N) is 2. The van der Waals surface area contributed by atoms with Crippen LogP contribution in [0.25, 0.3) is 17.0 Å². The summed E-state index contributed by atoms with van der Waals surface area (Å²) < 4.78 is 12.5. The molecule has 2 aliphatic rings. The maximum atomic E-state index is 12.6. The van der Waals surface area contributed by atoms with E-state index in [4.69, 9.17) is 21.1 Å². The van der Waals surface area contributed by atoms with Gasteiger partial charge >= 0.3 is 5.97 Å². The Morgan fingerprint density at radius 2 is 1.96 bits per heavy atom. The molecule has 1 fully saturated rings. The van der Waals surface area contributed by atoms with Crippen LogP contribution in [0.2, 0.25) is 5.02 Å². The van der Waals surface area contributed by atoms with Crippen LogP contribution in [-0.4, -0.2) is 39.7 Å². The Balaban J connectivity index is 1.70. The van der Waals surface area contributed by atoms with E-state index in [1.54, 1.807) is 19.2 Å². The number of methoxy groups -OCH3 is 1. The molecule has 0 unspecified atom stereocenters. The molecule has 0 radical (unpaired) electrons. The third kappa shape index (κ3) is 3.03. The summed E-state index contributed by atoms with van der Waals surface area (Å²) in [5, 5.41) is 16.1. The van der Waals surface area contributed by atoms with Crippen molar-refractivity contribution in [2.75, 3.05) is 7.11 Å². The molecule has 2 heterocycles. The van der Waals surface area contributed by atoms with E-state index in [1.165, 1.54) is 4.68 Å². The minimum atomic E-state index is -0.958. The van der Waals surface area contributed by atoms with Crippen LogP contribution in [0, 0.1) is 6.92 Å². The lowest BCUT2D eigenvalue weighted by atomic mass is 9.82. The molecule has 142 valence electrons. The Hall–Kier alpha value is -2.31. The van der Waals surface area contributed by atoms with Gasteiger partial charge in [-0.05, 0) is 50.8 Å². The van der Waals surface area contributed by atoms with Crippen molar-refractivity contribution in [2.24, 2.45) is 0 Å². The lowest BCUT2D eigenvalue weighted by Crippen LogP contribution is -2.38. The van der Waals surface area contributed by atoms with Gasteiger partial charge in [0.25, 0.3) is 0 Å². The standard InChI is InChI=1S/C20H21ClN2O4/c1-12-11-16(13-3-5-14(21)6-4-13)22-23(12)17-18(24)20(27-19(17)25)9-7-15(26-2)8-10-20/h3-6,11,15,24H,7-10H2,1-2H3. The second-order valence-corrected chi connectivity index (χ2v) is 7.54. The van der Waals surface area contributed by atoms with Crippen LogP contribution in [-0.2, 0) is 14.3 Å². The van der Waals surface area contributed by atoms with Gasteiger partial charge in [0.15, 0.2) is 17.1 Å². The zero-order chi connectivity index (χ0) is 19.2. The van der Waals surface area contributed by atoms with Crippen LogP contribution < -0.4 is 0 Å². The summed E-state index contributed by atoms with van der Waals surface area (Å²) >= 11 is 5.94. The number of aromatic nitrogens is 2. The van der Waals surface area contributed by atoms with Gasteiger partial charge in [0.05, 0.1) is 11.8 Å². The molecular formula is C20H21ClN2O4. The first-order chi connectivity index (χ1) is 12.9. The van der Waals surface area contributed by atoms with E-state index in [1.807, 2.05) is 25.1 Å². The summed E-state index contributed by atoms with van der Waals surface area (Å²) in [5.74, 6) is -0.576. The van der Waals surface area contributed by atoms with E-state index in [2.05, 4.69) is 5.10 Å². The lowest BCUT2D eigenvalue weighted by molar-refractivity contribution is -0.152. The summed E-state index contributed by atoms with van der Waals surface area (Å²) in [6, 6.07) is 9.17. The van der Waals surface area contributed by atoms with Crippen molar-refractivity contribution in [2.45, 2.75) is 44.3 Å². The number of carbonyl (C=O) groups excluding carboxylic acids is 1. The van der Waals surface area contributed by atoms with Gasteiger partial charge in [0, 0.05) is 23.4 Å². The number of hydrogen-bond acceptors (Lipinski definition) is 5. The quantitative estimate of drug-likeness (QED) is 0.800. The molecule has 0 saturated heterocycles. The number of rotatable bonds is 3. The fraction of sp³-hybridized carbons (Fsp3) is 0.400. The Kier molecular flexibility index (Phi) is 4.48. The van der Waals surface area contributed by atoms with E-state index in [0.717, 1.165) is 24.1 Å². The monoisotopic (exact) mass is 388 g/mol. The molecule has 1 aromatic heterocycles. The molecule has 27 heavy (non-hydrogen) atoms. The highest BCUT2D eigenvalue weighted by atomic mass is 35.5. The molecule has 1 spiro atoms. The molecule has 2 aromatic rings. The molecular weight excluding hydrogens is 368 g/mol. The van der Waals surface area contributed by atoms with Crippen LogP contribution >= 0.6 is 11.6 Å². The number of halogens is 1. The Morgan fingerprint density at radius 1 is 1.30 bits per heavy atom. The molecule has 4 rings (SSSR count). The van der Waals surface area contributed by atoms with Crippen LogP contribution in [0.3, 0.4) is 0 Å². The molecule has 0 bridgehead atoms. The van der Waals surface area contributed by atoms with E-state index >= 15 is 0 Å². The molecule has 0 amide bonds. The van der Waals surface area contributed by atoms with Crippen LogP contribution in [0.4, 0.5) is 0 Å². The molecule has 6 nitrogen and oxygen atoms in total. The van der Waals surface area contributed by atoms with Crippen molar-refractivity contribution >= 4 is 23.3 Å². The number of benzene rings is 1. The molecule has 1 aliphatic heterocycles. The third-order valence-electron chi connectivity index (χ3n) is 5.45. The number of aliphatic hydroxyl groups is 1. The Labute approximate surface area is 162 Å². The number of esters is 1. The van der Waals surface area contributed by atoms with Crippen molar-refractivity contribution in [1.82, 2.24) is 9.78 Å². The number of aryl methyl sites for hydroxylation is 1. The fourth-order valence-corrected chi connectivity index (χ4v) is 3.99.